The number of fused-ring (bicyclic) bond motifs is 1. The molecule has 0 saturated carbocycles. The van der Waals surface area contributed by atoms with Crippen LogP contribution in [0.3, 0.4) is 0 Å². The summed E-state index contributed by atoms with van der Waals surface area (Å²) in [5.41, 5.74) is -0.113. The Morgan fingerprint density at radius 2 is 1.73 bits per heavy atom. The van der Waals surface area contributed by atoms with E-state index >= 15 is 0 Å². The van der Waals surface area contributed by atoms with Crippen molar-refractivity contribution < 1.29 is 28.8 Å². The van der Waals surface area contributed by atoms with Crippen molar-refractivity contribution in [3.8, 4) is 11.5 Å². The van der Waals surface area contributed by atoms with Gasteiger partial charge in [-0.1, -0.05) is 12.1 Å². The molecule has 0 aromatic heterocycles. The summed E-state index contributed by atoms with van der Waals surface area (Å²) < 4.78 is 10.4. The molecule has 4 rings (SSSR count). The van der Waals surface area contributed by atoms with Gasteiger partial charge in [0.1, 0.15) is 17.1 Å². The number of ether oxygens (including phenoxy) is 2. The maximum absolute atomic E-state index is 12.9. The van der Waals surface area contributed by atoms with Gasteiger partial charge in [-0.3, -0.25) is 24.5 Å². The number of carbonyl (C=O) groups is 3. The van der Waals surface area contributed by atoms with E-state index in [1.54, 1.807) is 18.2 Å². The monoisotopic (exact) mass is 447 g/mol. The van der Waals surface area contributed by atoms with Crippen LogP contribution in [0.4, 0.5) is 17.1 Å². The molecule has 10 heteroatoms. The molecule has 1 aliphatic heterocycles. The third-order valence-corrected chi connectivity index (χ3v) is 5.11. The molecular weight excluding hydrogens is 430 g/mol. The van der Waals surface area contributed by atoms with E-state index in [2.05, 4.69) is 5.32 Å². The summed E-state index contributed by atoms with van der Waals surface area (Å²) in [6.07, 6.45) is 0. The highest BCUT2D eigenvalue weighted by Crippen LogP contribution is 2.34. The van der Waals surface area contributed by atoms with Crippen LogP contribution in [0.15, 0.2) is 60.7 Å². The molecule has 3 amide bonds. The van der Waals surface area contributed by atoms with Crippen molar-refractivity contribution in [2.24, 2.45) is 0 Å². The highest BCUT2D eigenvalue weighted by atomic mass is 16.6. The summed E-state index contributed by atoms with van der Waals surface area (Å²) in [6, 6.07) is 14.6. The van der Waals surface area contributed by atoms with E-state index in [1.165, 1.54) is 56.7 Å². The van der Waals surface area contributed by atoms with E-state index in [-0.39, 0.29) is 22.4 Å². The lowest BCUT2D eigenvalue weighted by molar-refractivity contribution is -0.385. The molecule has 166 valence electrons. The van der Waals surface area contributed by atoms with Crippen molar-refractivity contribution in [3.05, 3.63) is 87.5 Å². The minimum Gasteiger partial charge on any atom is -0.497 e. The first-order valence-electron chi connectivity index (χ1n) is 9.65. The zero-order valence-corrected chi connectivity index (χ0v) is 17.5. The Morgan fingerprint density at radius 1 is 0.970 bits per heavy atom. The minimum absolute atomic E-state index is 0.0629. The maximum Gasteiger partial charge on any atom is 0.283 e. The summed E-state index contributed by atoms with van der Waals surface area (Å²) in [6.45, 7) is 0. The summed E-state index contributed by atoms with van der Waals surface area (Å²) in [4.78, 5) is 50.1. The lowest BCUT2D eigenvalue weighted by Gasteiger charge is -2.15. The Balaban J connectivity index is 1.64. The third-order valence-electron chi connectivity index (χ3n) is 5.11. The highest BCUT2D eigenvalue weighted by molar-refractivity contribution is 6.35. The van der Waals surface area contributed by atoms with Gasteiger partial charge < -0.3 is 14.8 Å². The van der Waals surface area contributed by atoms with Gasteiger partial charge in [-0.2, -0.15) is 0 Å². The predicted molar refractivity (Wildman–Crippen MR) is 118 cm³/mol. The molecule has 1 aliphatic rings. The summed E-state index contributed by atoms with van der Waals surface area (Å²) in [7, 11) is 2.96. The van der Waals surface area contributed by atoms with Crippen LogP contribution in [-0.2, 0) is 0 Å². The molecule has 0 fully saturated rings. The number of methoxy groups -OCH3 is 2. The number of nitro groups is 1. The Hall–Kier alpha value is -4.73. The van der Waals surface area contributed by atoms with Gasteiger partial charge in [-0.25, -0.2) is 4.90 Å². The van der Waals surface area contributed by atoms with Gasteiger partial charge in [-0.15, -0.1) is 0 Å². The molecule has 0 aliphatic carbocycles. The number of imide groups is 1. The molecule has 33 heavy (non-hydrogen) atoms. The number of nitrogens with zero attached hydrogens (tertiary/aromatic N) is 2. The molecule has 1 heterocycles. The van der Waals surface area contributed by atoms with Crippen LogP contribution in [0.25, 0.3) is 0 Å². The minimum atomic E-state index is -0.823. The Labute approximate surface area is 187 Å². The van der Waals surface area contributed by atoms with Crippen LogP contribution >= 0.6 is 0 Å². The number of rotatable bonds is 6. The lowest BCUT2D eigenvalue weighted by atomic mass is 10.1. The van der Waals surface area contributed by atoms with Crippen molar-refractivity contribution in [2.45, 2.75) is 0 Å². The fourth-order valence-corrected chi connectivity index (χ4v) is 3.54. The largest absolute Gasteiger partial charge is 0.497 e. The molecule has 10 nitrogen and oxygen atoms in total. The number of carbonyl (C=O) groups excluding carboxylic acids is 3. The average molecular weight is 447 g/mol. The van der Waals surface area contributed by atoms with Crippen molar-refractivity contribution >= 4 is 34.8 Å². The number of hydrogen-bond acceptors (Lipinski definition) is 7. The van der Waals surface area contributed by atoms with Gasteiger partial charge in [0.25, 0.3) is 23.4 Å². The number of anilines is 2. The Morgan fingerprint density at radius 3 is 2.42 bits per heavy atom. The van der Waals surface area contributed by atoms with Crippen molar-refractivity contribution in [1.29, 1.82) is 0 Å². The molecule has 0 bridgehead atoms. The molecule has 3 aromatic carbocycles. The Bertz CT molecular complexity index is 1320. The average Bonchev–Trinajstić information content (AvgIpc) is 3.09. The number of hydrogen-bond donors (Lipinski definition) is 1. The summed E-state index contributed by atoms with van der Waals surface area (Å²) in [5, 5.41) is 14.0. The Kier molecular flexibility index (Phi) is 5.49. The summed E-state index contributed by atoms with van der Waals surface area (Å²) in [5.74, 6) is -1.11. The second-order valence-electron chi connectivity index (χ2n) is 6.97. The normalized spacial score (nSPS) is 12.4. The molecule has 3 aromatic rings. The van der Waals surface area contributed by atoms with Gasteiger partial charge in [0.2, 0.25) is 0 Å². The van der Waals surface area contributed by atoms with Gasteiger partial charge in [0.15, 0.2) is 0 Å². The van der Waals surface area contributed by atoms with E-state index in [1.807, 2.05) is 0 Å². The van der Waals surface area contributed by atoms with Crippen LogP contribution < -0.4 is 19.7 Å². The van der Waals surface area contributed by atoms with E-state index in [0.717, 1.165) is 4.90 Å². The first kappa shape index (κ1) is 21.5. The first-order valence-corrected chi connectivity index (χ1v) is 9.65. The predicted octanol–water partition coefficient (Wildman–Crippen LogP) is 3.66. The van der Waals surface area contributed by atoms with Gasteiger partial charge in [0, 0.05) is 17.7 Å². The molecule has 1 N–H and O–H groups in total. The van der Waals surface area contributed by atoms with Crippen LogP contribution in [0, 0.1) is 10.1 Å². The van der Waals surface area contributed by atoms with E-state index in [4.69, 9.17) is 9.47 Å². The molecular formula is C23H17N3O7. The van der Waals surface area contributed by atoms with Crippen LogP contribution in [-0.4, -0.2) is 36.9 Å². The van der Waals surface area contributed by atoms with Crippen molar-refractivity contribution in [3.63, 3.8) is 0 Å². The van der Waals surface area contributed by atoms with Crippen molar-refractivity contribution in [1.82, 2.24) is 0 Å². The fourth-order valence-electron chi connectivity index (χ4n) is 3.54. The number of amides is 3. The third kappa shape index (κ3) is 3.74. The molecule has 0 saturated heterocycles. The number of nitrogens with one attached hydrogen (secondary N) is 1. The number of nitro benzene ring substituents is 1. The number of benzene rings is 3. The second-order valence-corrected chi connectivity index (χ2v) is 6.97. The summed E-state index contributed by atoms with van der Waals surface area (Å²) >= 11 is 0. The van der Waals surface area contributed by atoms with E-state index in [0.29, 0.717) is 17.2 Å². The standard InChI is InChI=1S/C23H17N3O7/c1-32-15-9-10-17(19(12-15)33-2)24-21(27)13-5-3-6-14(11-13)25-22(28)16-7-4-8-18(26(30)31)20(16)23(25)29/h3-12H,1-2H3,(H,24,27). The van der Waals surface area contributed by atoms with Crippen molar-refractivity contribution in [2.75, 3.05) is 24.4 Å². The first-order chi connectivity index (χ1) is 15.8. The maximum atomic E-state index is 12.9. The molecule has 0 spiro atoms. The van der Waals surface area contributed by atoms with E-state index < -0.39 is 28.3 Å². The molecule has 0 radical (unpaired) electrons. The topological polar surface area (TPSA) is 128 Å². The van der Waals surface area contributed by atoms with E-state index in [9.17, 15) is 24.5 Å². The quantitative estimate of drug-likeness (QED) is 0.347. The van der Waals surface area contributed by atoms with Gasteiger partial charge in [0.05, 0.1) is 36.1 Å². The SMILES string of the molecule is COc1ccc(NC(=O)c2cccc(N3C(=O)c4cccc([N+](=O)[O-])c4C3=O)c2)c(OC)c1. The lowest BCUT2D eigenvalue weighted by Crippen LogP contribution is -2.29. The van der Waals surface area contributed by atoms with Gasteiger partial charge in [-0.05, 0) is 36.4 Å². The smallest absolute Gasteiger partial charge is 0.283 e. The van der Waals surface area contributed by atoms with Crippen LogP contribution in [0.5, 0.6) is 11.5 Å². The molecule has 0 unspecified atom stereocenters. The van der Waals surface area contributed by atoms with Gasteiger partial charge >= 0.3 is 0 Å². The van der Waals surface area contributed by atoms with Crippen LogP contribution in [0.2, 0.25) is 0 Å². The molecule has 0 atom stereocenters. The zero-order chi connectivity index (χ0) is 23.7. The zero-order valence-electron chi connectivity index (χ0n) is 17.5. The van der Waals surface area contributed by atoms with Crippen LogP contribution in [0.1, 0.15) is 31.1 Å². The highest BCUT2D eigenvalue weighted by Gasteiger charge is 2.41. The second kappa shape index (κ2) is 8.42. The fraction of sp³-hybridized carbons (Fsp3) is 0.0870.